The molecule has 0 atom stereocenters. The van der Waals surface area contributed by atoms with E-state index in [-0.39, 0.29) is 13.1 Å². The maximum atomic E-state index is 12.0. The summed E-state index contributed by atoms with van der Waals surface area (Å²) >= 11 is 6.21. The first-order valence-corrected chi connectivity index (χ1v) is 7.66. The van der Waals surface area contributed by atoms with Crippen LogP contribution in [0.25, 0.3) is 6.08 Å². The molecule has 0 bridgehead atoms. The molecule has 0 unspecified atom stereocenters. The molecule has 0 aliphatic rings. The monoisotopic (exact) mass is 347 g/mol. The van der Waals surface area contributed by atoms with Crippen LogP contribution in [0.4, 0.5) is 0 Å². The van der Waals surface area contributed by atoms with Crippen LogP contribution in [-0.2, 0) is 4.79 Å². The molecule has 0 saturated heterocycles. The van der Waals surface area contributed by atoms with Gasteiger partial charge in [0.05, 0.1) is 30.9 Å². The summed E-state index contributed by atoms with van der Waals surface area (Å²) in [4.78, 5) is 13.1. The van der Waals surface area contributed by atoms with E-state index >= 15 is 0 Å². The van der Waals surface area contributed by atoms with Crippen LogP contribution in [-0.4, -0.2) is 37.6 Å². The van der Waals surface area contributed by atoms with Crippen molar-refractivity contribution in [3.05, 3.63) is 28.8 Å². The summed E-state index contributed by atoms with van der Waals surface area (Å²) < 4.78 is 10.8. The number of methoxy groups -OCH3 is 1. The van der Waals surface area contributed by atoms with Crippen molar-refractivity contribution >= 4 is 23.6 Å². The van der Waals surface area contributed by atoms with Crippen molar-refractivity contribution < 1.29 is 14.3 Å². The van der Waals surface area contributed by atoms with Gasteiger partial charge in [0.15, 0.2) is 11.5 Å². The largest absolute Gasteiger partial charge is 0.493 e. The van der Waals surface area contributed by atoms with Crippen LogP contribution in [0.2, 0.25) is 5.02 Å². The minimum Gasteiger partial charge on any atom is -0.493 e. The molecule has 1 aromatic carbocycles. The van der Waals surface area contributed by atoms with Gasteiger partial charge >= 0.3 is 0 Å². The lowest BCUT2D eigenvalue weighted by Gasteiger charge is -2.14. The Morgan fingerprint density at radius 3 is 2.54 bits per heavy atom. The average molecular weight is 348 g/mol. The molecule has 1 rings (SSSR count). The maximum Gasteiger partial charge on any atom is 0.248 e. The molecular formula is C17H18ClN3O3. The van der Waals surface area contributed by atoms with E-state index in [4.69, 9.17) is 31.6 Å². The number of hydrogen-bond donors (Lipinski definition) is 0. The van der Waals surface area contributed by atoms with E-state index in [0.717, 1.165) is 11.3 Å². The maximum absolute atomic E-state index is 12.0. The third-order valence-electron chi connectivity index (χ3n) is 2.96. The summed E-state index contributed by atoms with van der Waals surface area (Å²) in [5.74, 6) is 0.494. The average Bonchev–Trinajstić information content (AvgIpc) is 2.58. The summed E-state index contributed by atoms with van der Waals surface area (Å²) in [6.45, 7) is 2.20. The van der Waals surface area contributed by atoms with Crippen molar-refractivity contribution in [1.82, 2.24) is 4.90 Å². The highest BCUT2D eigenvalue weighted by Crippen LogP contribution is 2.36. The van der Waals surface area contributed by atoms with Crippen molar-refractivity contribution in [1.29, 1.82) is 10.5 Å². The van der Waals surface area contributed by atoms with E-state index in [1.165, 1.54) is 13.2 Å². The normalized spacial score (nSPS) is 10.0. The lowest BCUT2D eigenvalue weighted by atomic mass is 10.2. The van der Waals surface area contributed by atoms with E-state index in [0.29, 0.717) is 28.7 Å². The summed E-state index contributed by atoms with van der Waals surface area (Å²) in [5, 5.41) is 17.7. The standard InChI is InChI=1S/C17H18ClN3O3/c1-3-10-24-17-14(18)11-13(12-15(17)23-2)4-5-16(22)21(8-6-19)9-7-20/h4-5,11-12H,3,8-10H2,1-2H3. The Balaban J connectivity index is 2.99. The van der Waals surface area contributed by atoms with Crippen LogP contribution in [0.3, 0.4) is 0 Å². The van der Waals surface area contributed by atoms with E-state index < -0.39 is 5.91 Å². The fraction of sp³-hybridized carbons (Fsp3) is 0.353. The number of carbonyl (C=O) groups is 1. The number of hydrogen-bond acceptors (Lipinski definition) is 5. The predicted octanol–water partition coefficient (Wildman–Crippen LogP) is 3.03. The fourth-order valence-corrected chi connectivity index (χ4v) is 2.11. The van der Waals surface area contributed by atoms with Crippen molar-refractivity contribution in [2.75, 3.05) is 26.8 Å². The second-order valence-electron chi connectivity index (χ2n) is 4.73. The topological polar surface area (TPSA) is 86.4 Å². The first-order valence-electron chi connectivity index (χ1n) is 7.28. The highest BCUT2D eigenvalue weighted by molar-refractivity contribution is 6.32. The molecule has 1 aromatic rings. The Labute approximate surface area is 146 Å². The molecule has 1 amide bonds. The molecule has 7 heteroatoms. The Morgan fingerprint density at radius 1 is 1.33 bits per heavy atom. The van der Waals surface area contributed by atoms with E-state index in [1.807, 2.05) is 19.1 Å². The number of halogens is 1. The smallest absolute Gasteiger partial charge is 0.248 e. The SMILES string of the molecule is CCCOc1c(Cl)cc(C=CC(=O)N(CC#N)CC#N)cc1OC. The summed E-state index contributed by atoms with van der Waals surface area (Å²) in [7, 11) is 1.50. The minimum atomic E-state index is -0.431. The third-order valence-corrected chi connectivity index (χ3v) is 3.24. The van der Waals surface area contributed by atoms with Gasteiger partial charge in [-0.05, 0) is 30.2 Å². The number of rotatable bonds is 8. The molecular weight excluding hydrogens is 330 g/mol. The first-order chi connectivity index (χ1) is 11.6. The van der Waals surface area contributed by atoms with Crippen LogP contribution in [0.15, 0.2) is 18.2 Å². The lowest BCUT2D eigenvalue weighted by Crippen LogP contribution is -2.30. The van der Waals surface area contributed by atoms with Crippen molar-refractivity contribution in [3.63, 3.8) is 0 Å². The Morgan fingerprint density at radius 2 is 2.00 bits per heavy atom. The predicted molar refractivity (Wildman–Crippen MR) is 90.6 cm³/mol. The van der Waals surface area contributed by atoms with Gasteiger partial charge < -0.3 is 14.4 Å². The van der Waals surface area contributed by atoms with E-state index in [1.54, 1.807) is 18.2 Å². The van der Waals surface area contributed by atoms with Crippen LogP contribution >= 0.6 is 11.6 Å². The van der Waals surface area contributed by atoms with Gasteiger partial charge in [-0.15, -0.1) is 0 Å². The molecule has 0 aliphatic carbocycles. The van der Waals surface area contributed by atoms with Gasteiger partial charge in [0.1, 0.15) is 13.1 Å². The highest BCUT2D eigenvalue weighted by atomic mass is 35.5. The van der Waals surface area contributed by atoms with Gasteiger partial charge in [-0.25, -0.2) is 0 Å². The zero-order valence-corrected chi connectivity index (χ0v) is 14.3. The van der Waals surface area contributed by atoms with Gasteiger partial charge in [0.2, 0.25) is 5.91 Å². The van der Waals surface area contributed by atoms with Gasteiger partial charge in [-0.1, -0.05) is 18.5 Å². The van der Waals surface area contributed by atoms with Gasteiger partial charge in [0.25, 0.3) is 0 Å². The second-order valence-corrected chi connectivity index (χ2v) is 5.13. The van der Waals surface area contributed by atoms with Crippen LogP contribution in [0.5, 0.6) is 11.5 Å². The number of benzene rings is 1. The van der Waals surface area contributed by atoms with Crippen molar-refractivity contribution in [3.8, 4) is 23.6 Å². The van der Waals surface area contributed by atoms with Crippen LogP contribution in [0.1, 0.15) is 18.9 Å². The molecule has 126 valence electrons. The quantitative estimate of drug-likeness (QED) is 0.533. The van der Waals surface area contributed by atoms with E-state index in [2.05, 4.69) is 0 Å². The number of amides is 1. The molecule has 0 aliphatic heterocycles. The summed E-state index contributed by atoms with van der Waals surface area (Å²) in [6, 6.07) is 7.04. The Bertz CT molecular complexity index is 674. The molecule has 6 nitrogen and oxygen atoms in total. The first kappa shape index (κ1) is 19.3. The molecule has 0 saturated carbocycles. The van der Waals surface area contributed by atoms with Gasteiger partial charge in [-0.2, -0.15) is 10.5 Å². The molecule has 0 radical (unpaired) electrons. The van der Waals surface area contributed by atoms with Gasteiger partial charge in [0, 0.05) is 6.08 Å². The molecule has 0 fully saturated rings. The third kappa shape index (κ3) is 5.49. The number of nitriles is 2. The minimum absolute atomic E-state index is 0.148. The van der Waals surface area contributed by atoms with E-state index in [9.17, 15) is 4.79 Å². The zero-order chi connectivity index (χ0) is 17.9. The number of ether oxygens (including phenoxy) is 2. The zero-order valence-electron chi connectivity index (χ0n) is 13.6. The van der Waals surface area contributed by atoms with Gasteiger partial charge in [-0.3, -0.25) is 4.79 Å². The van der Waals surface area contributed by atoms with Crippen molar-refractivity contribution in [2.24, 2.45) is 0 Å². The lowest BCUT2D eigenvalue weighted by molar-refractivity contribution is -0.124. The fourth-order valence-electron chi connectivity index (χ4n) is 1.84. The molecule has 0 aromatic heterocycles. The Kier molecular flexibility index (Phi) is 8.18. The highest BCUT2D eigenvalue weighted by Gasteiger charge is 2.12. The van der Waals surface area contributed by atoms with Crippen LogP contribution < -0.4 is 9.47 Å². The molecule has 24 heavy (non-hydrogen) atoms. The Hall–Kier alpha value is -2.70. The summed E-state index contributed by atoms with van der Waals surface area (Å²) in [6.07, 6.45) is 3.66. The molecule has 0 spiro atoms. The number of carbonyl (C=O) groups excluding carboxylic acids is 1. The number of nitrogens with zero attached hydrogens (tertiary/aromatic N) is 3. The van der Waals surface area contributed by atoms with Crippen LogP contribution in [0, 0.1) is 22.7 Å². The molecule has 0 N–H and O–H groups in total. The van der Waals surface area contributed by atoms with Crippen molar-refractivity contribution in [2.45, 2.75) is 13.3 Å². The second kappa shape index (κ2) is 10.1. The molecule has 0 heterocycles. The summed E-state index contributed by atoms with van der Waals surface area (Å²) in [5.41, 5.74) is 0.642.